The van der Waals surface area contributed by atoms with E-state index in [1.165, 1.54) is 0 Å². The molecular weight excluding hydrogens is 267 g/mol. The number of halogens is 2. The molecule has 1 aliphatic rings. The summed E-state index contributed by atoms with van der Waals surface area (Å²) in [5.74, 6) is -0.340. The average molecular weight is 287 g/mol. The third-order valence-corrected chi connectivity index (χ3v) is 3.79. The Hall–Kier alpha value is -0.680. The van der Waals surface area contributed by atoms with Gasteiger partial charge in [-0.05, 0) is 19.7 Å². The van der Waals surface area contributed by atoms with Gasteiger partial charge in [-0.25, -0.2) is 4.39 Å². The van der Waals surface area contributed by atoms with Crippen LogP contribution in [0.2, 0.25) is 5.02 Å². The summed E-state index contributed by atoms with van der Waals surface area (Å²) < 4.78 is 20.0. The fraction of sp³-hybridized carbons (Fsp3) is 0.571. The Balaban J connectivity index is 2.28. The first-order valence-electron chi connectivity index (χ1n) is 6.61. The predicted octanol–water partition coefficient (Wildman–Crippen LogP) is 2.46. The second kappa shape index (κ2) is 6.66. The molecule has 1 N–H and O–H groups in total. The molecule has 0 amide bonds. The molecule has 19 heavy (non-hydrogen) atoms. The minimum atomic E-state index is -0.340. The Labute approximate surface area is 118 Å². The second-order valence-electron chi connectivity index (χ2n) is 4.79. The first-order chi connectivity index (χ1) is 9.15. The van der Waals surface area contributed by atoms with Gasteiger partial charge >= 0.3 is 0 Å². The van der Waals surface area contributed by atoms with Crippen molar-refractivity contribution in [2.45, 2.75) is 19.1 Å². The molecule has 3 nitrogen and oxygen atoms in total. The summed E-state index contributed by atoms with van der Waals surface area (Å²) >= 11 is 5.88. The highest BCUT2D eigenvalue weighted by Crippen LogP contribution is 2.32. The van der Waals surface area contributed by atoms with E-state index in [0.29, 0.717) is 18.7 Å². The van der Waals surface area contributed by atoms with Crippen LogP contribution in [-0.4, -0.2) is 44.3 Å². The number of nitrogens with zero attached hydrogens (tertiary/aromatic N) is 1. The molecule has 0 saturated carbocycles. The van der Waals surface area contributed by atoms with Gasteiger partial charge in [0.25, 0.3) is 0 Å². The van der Waals surface area contributed by atoms with E-state index in [0.717, 1.165) is 13.1 Å². The zero-order valence-corrected chi connectivity index (χ0v) is 12.1. The van der Waals surface area contributed by atoms with Crippen molar-refractivity contribution in [1.82, 2.24) is 10.2 Å². The Bertz CT molecular complexity index is 430. The highest BCUT2D eigenvalue weighted by molar-refractivity contribution is 6.30. The van der Waals surface area contributed by atoms with Crippen molar-refractivity contribution in [2.75, 3.05) is 33.3 Å². The highest BCUT2D eigenvalue weighted by atomic mass is 35.5. The predicted molar refractivity (Wildman–Crippen MR) is 75.1 cm³/mol. The van der Waals surface area contributed by atoms with Crippen LogP contribution in [0.3, 0.4) is 0 Å². The summed E-state index contributed by atoms with van der Waals surface area (Å²) in [6.45, 7) is 5.08. The molecule has 1 aromatic rings. The van der Waals surface area contributed by atoms with Crippen LogP contribution < -0.4 is 5.32 Å². The fourth-order valence-corrected chi connectivity index (χ4v) is 2.69. The van der Waals surface area contributed by atoms with Crippen molar-refractivity contribution in [3.05, 3.63) is 34.6 Å². The zero-order valence-electron chi connectivity index (χ0n) is 11.3. The van der Waals surface area contributed by atoms with Gasteiger partial charge in [0.15, 0.2) is 0 Å². The van der Waals surface area contributed by atoms with Crippen LogP contribution in [0.5, 0.6) is 0 Å². The maximum absolute atomic E-state index is 14.2. The number of morpholine rings is 1. The zero-order chi connectivity index (χ0) is 13.8. The lowest BCUT2D eigenvalue weighted by Crippen LogP contribution is -2.47. The molecule has 0 bridgehead atoms. The summed E-state index contributed by atoms with van der Waals surface area (Å²) in [6.07, 6.45) is -0.0633. The number of hydrogen-bond donors (Lipinski definition) is 1. The normalized spacial score (nSPS) is 24.6. The van der Waals surface area contributed by atoms with E-state index in [2.05, 4.69) is 10.2 Å². The molecule has 5 heteroatoms. The van der Waals surface area contributed by atoms with E-state index in [1.54, 1.807) is 18.2 Å². The number of nitrogens with one attached hydrogen (secondary N) is 1. The first-order valence-corrected chi connectivity index (χ1v) is 6.99. The minimum absolute atomic E-state index is 0.0633. The summed E-state index contributed by atoms with van der Waals surface area (Å²) in [6, 6.07) is 5.04. The average Bonchev–Trinajstić information content (AvgIpc) is 2.40. The third kappa shape index (κ3) is 3.26. The molecule has 2 rings (SSSR count). The topological polar surface area (TPSA) is 24.5 Å². The van der Waals surface area contributed by atoms with Gasteiger partial charge in [-0.3, -0.25) is 4.90 Å². The van der Waals surface area contributed by atoms with E-state index in [1.807, 2.05) is 14.0 Å². The Morgan fingerprint density at radius 1 is 1.53 bits per heavy atom. The van der Waals surface area contributed by atoms with Crippen molar-refractivity contribution < 1.29 is 9.13 Å². The third-order valence-electron chi connectivity index (χ3n) is 3.50. The molecule has 0 aromatic heterocycles. The number of hydrogen-bond acceptors (Lipinski definition) is 3. The van der Waals surface area contributed by atoms with E-state index in [4.69, 9.17) is 16.3 Å². The lowest BCUT2D eigenvalue weighted by atomic mass is 9.97. The van der Waals surface area contributed by atoms with Gasteiger partial charge < -0.3 is 10.1 Å². The number of likely N-dealkylation sites (N-methyl/N-ethyl adjacent to an activating group) is 2. The molecular formula is C14H20ClFN2O. The molecule has 0 radical (unpaired) electrons. The number of ether oxygens (including phenoxy) is 1. The molecule has 2 atom stereocenters. The number of rotatable bonds is 4. The largest absolute Gasteiger partial charge is 0.374 e. The van der Waals surface area contributed by atoms with Gasteiger partial charge in [-0.1, -0.05) is 30.7 Å². The van der Waals surface area contributed by atoms with Crippen molar-refractivity contribution in [2.24, 2.45) is 0 Å². The van der Waals surface area contributed by atoms with E-state index in [9.17, 15) is 4.39 Å². The quantitative estimate of drug-likeness (QED) is 0.920. The van der Waals surface area contributed by atoms with E-state index in [-0.39, 0.29) is 23.0 Å². The molecule has 106 valence electrons. The van der Waals surface area contributed by atoms with Gasteiger partial charge in [0, 0.05) is 18.7 Å². The molecule has 1 fully saturated rings. The maximum Gasteiger partial charge on any atom is 0.146 e. The Morgan fingerprint density at radius 2 is 2.32 bits per heavy atom. The molecule has 1 aliphatic heterocycles. The standard InChI is InChI=1S/C14H20ClFN2O/c1-3-17-9-12-14(18(2)7-8-19-12)10-5-4-6-11(15)13(10)16/h4-6,12,14,17H,3,7-9H2,1-2H3. The smallest absolute Gasteiger partial charge is 0.146 e. The molecule has 0 spiro atoms. The summed E-state index contributed by atoms with van der Waals surface area (Å²) in [5, 5.41) is 3.43. The van der Waals surface area contributed by atoms with Crippen LogP contribution in [0.4, 0.5) is 4.39 Å². The van der Waals surface area contributed by atoms with Crippen LogP contribution in [0.25, 0.3) is 0 Å². The lowest BCUT2D eigenvalue weighted by molar-refractivity contribution is -0.0621. The molecule has 0 aliphatic carbocycles. The fourth-order valence-electron chi connectivity index (χ4n) is 2.51. The van der Waals surface area contributed by atoms with Crippen molar-refractivity contribution in [1.29, 1.82) is 0 Å². The number of benzene rings is 1. The molecule has 2 unspecified atom stereocenters. The van der Waals surface area contributed by atoms with Gasteiger partial charge in [0.1, 0.15) is 5.82 Å². The first kappa shape index (κ1) is 14.7. The second-order valence-corrected chi connectivity index (χ2v) is 5.19. The lowest BCUT2D eigenvalue weighted by Gasteiger charge is -2.39. The van der Waals surface area contributed by atoms with Gasteiger partial charge in [0.2, 0.25) is 0 Å². The Kier molecular flexibility index (Phi) is 5.16. The van der Waals surface area contributed by atoms with Crippen LogP contribution in [0.1, 0.15) is 18.5 Å². The molecule has 1 aromatic carbocycles. The van der Waals surface area contributed by atoms with Gasteiger partial charge in [-0.15, -0.1) is 0 Å². The van der Waals surface area contributed by atoms with Gasteiger partial charge in [-0.2, -0.15) is 0 Å². The molecule has 1 heterocycles. The highest BCUT2D eigenvalue weighted by Gasteiger charge is 2.33. The van der Waals surface area contributed by atoms with E-state index < -0.39 is 0 Å². The van der Waals surface area contributed by atoms with Crippen LogP contribution >= 0.6 is 11.6 Å². The van der Waals surface area contributed by atoms with Crippen molar-refractivity contribution in [3.63, 3.8) is 0 Å². The SMILES string of the molecule is CCNCC1OCCN(C)C1c1cccc(Cl)c1F. The maximum atomic E-state index is 14.2. The van der Waals surface area contributed by atoms with Crippen LogP contribution in [0.15, 0.2) is 18.2 Å². The summed E-state index contributed by atoms with van der Waals surface area (Å²) in [4.78, 5) is 2.13. The monoisotopic (exact) mass is 286 g/mol. The van der Waals surface area contributed by atoms with Crippen LogP contribution in [0, 0.1) is 5.82 Å². The summed E-state index contributed by atoms with van der Waals surface area (Å²) in [7, 11) is 1.99. The van der Waals surface area contributed by atoms with E-state index >= 15 is 0 Å². The van der Waals surface area contributed by atoms with Gasteiger partial charge in [0.05, 0.1) is 23.8 Å². The molecule has 1 saturated heterocycles. The van der Waals surface area contributed by atoms with Crippen molar-refractivity contribution in [3.8, 4) is 0 Å². The summed E-state index contributed by atoms with van der Waals surface area (Å²) in [5.41, 5.74) is 0.609. The minimum Gasteiger partial charge on any atom is -0.374 e. The van der Waals surface area contributed by atoms with Crippen LogP contribution in [-0.2, 0) is 4.74 Å². The Morgan fingerprint density at radius 3 is 3.05 bits per heavy atom. The van der Waals surface area contributed by atoms with Crippen molar-refractivity contribution >= 4 is 11.6 Å².